The van der Waals surface area contributed by atoms with Gasteiger partial charge < -0.3 is 10.6 Å². The Morgan fingerprint density at radius 2 is 1.30 bits per heavy atom. The minimum Gasteiger partial charge on any atom is -0.333 e. The molecule has 2 nitrogen and oxygen atoms in total. The third kappa shape index (κ3) is 4.77. The van der Waals surface area contributed by atoms with Crippen molar-refractivity contribution in [2.45, 2.75) is 25.7 Å². The highest BCUT2D eigenvalue weighted by molar-refractivity contribution is 4.57. The van der Waals surface area contributed by atoms with Crippen molar-refractivity contribution in [1.82, 2.24) is 4.90 Å². The molecule has 1 aliphatic heterocycles. The van der Waals surface area contributed by atoms with Crippen molar-refractivity contribution in [1.29, 1.82) is 0 Å². The summed E-state index contributed by atoms with van der Waals surface area (Å²) in [6, 6.07) is 0. The van der Waals surface area contributed by atoms with Gasteiger partial charge >= 0.3 is 0 Å². The van der Waals surface area contributed by atoms with Gasteiger partial charge in [-0.25, -0.2) is 0 Å². The van der Waals surface area contributed by atoms with E-state index in [-0.39, 0.29) is 0 Å². The summed E-state index contributed by atoms with van der Waals surface area (Å²) in [4.78, 5) is 2.42. The second-order valence-corrected chi connectivity index (χ2v) is 2.72. The number of nitrogens with zero attached hydrogens (tertiary/aromatic N) is 1. The fourth-order valence-electron chi connectivity index (χ4n) is 1.23. The van der Waals surface area contributed by atoms with Crippen molar-refractivity contribution < 1.29 is 0 Å². The molecule has 1 rings (SSSR count). The van der Waals surface area contributed by atoms with Crippen molar-refractivity contribution in [2.24, 2.45) is 5.73 Å². The SMILES string of the molecule is CN.CN1CCCCCC1. The highest BCUT2D eigenvalue weighted by Gasteiger charge is 2.01. The summed E-state index contributed by atoms with van der Waals surface area (Å²) in [5.41, 5.74) is 4.50. The van der Waals surface area contributed by atoms with E-state index in [0.717, 1.165) is 0 Å². The lowest BCUT2D eigenvalue weighted by Crippen LogP contribution is -2.18. The van der Waals surface area contributed by atoms with Crippen LogP contribution in [-0.4, -0.2) is 32.1 Å². The molecule has 0 bridgehead atoms. The number of hydrogen-bond acceptors (Lipinski definition) is 2. The van der Waals surface area contributed by atoms with Crippen LogP contribution in [0.15, 0.2) is 0 Å². The number of hydrogen-bond donors (Lipinski definition) is 1. The van der Waals surface area contributed by atoms with Crippen molar-refractivity contribution >= 4 is 0 Å². The molecule has 1 fully saturated rings. The van der Waals surface area contributed by atoms with Gasteiger partial charge in [0.2, 0.25) is 0 Å². The lowest BCUT2D eigenvalue weighted by molar-refractivity contribution is 0.349. The van der Waals surface area contributed by atoms with E-state index in [1.165, 1.54) is 45.8 Å². The van der Waals surface area contributed by atoms with Gasteiger partial charge in [-0.2, -0.15) is 0 Å². The molecule has 10 heavy (non-hydrogen) atoms. The van der Waals surface area contributed by atoms with E-state index in [9.17, 15) is 0 Å². The molecule has 1 heterocycles. The zero-order valence-corrected chi connectivity index (χ0v) is 7.27. The summed E-state index contributed by atoms with van der Waals surface area (Å²) in [7, 11) is 3.71. The maximum Gasteiger partial charge on any atom is -0.00218 e. The van der Waals surface area contributed by atoms with E-state index < -0.39 is 0 Å². The van der Waals surface area contributed by atoms with Crippen LogP contribution in [0.3, 0.4) is 0 Å². The Balaban J connectivity index is 0.000000371. The highest BCUT2D eigenvalue weighted by Crippen LogP contribution is 2.06. The lowest BCUT2D eigenvalue weighted by Gasteiger charge is -2.10. The summed E-state index contributed by atoms with van der Waals surface area (Å²) in [5.74, 6) is 0. The molecular formula is C8H20N2. The van der Waals surface area contributed by atoms with Gasteiger partial charge in [0.25, 0.3) is 0 Å². The summed E-state index contributed by atoms with van der Waals surface area (Å²) < 4.78 is 0. The molecule has 62 valence electrons. The van der Waals surface area contributed by atoms with Crippen molar-refractivity contribution in [2.75, 3.05) is 27.2 Å². The first kappa shape index (κ1) is 9.92. The summed E-state index contributed by atoms with van der Waals surface area (Å²) >= 11 is 0. The first-order valence-corrected chi connectivity index (χ1v) is 4.16. The molecule has 0 aromatic heterocycles. The Hall–Kier alpha value is -0.0800. The van der Waals surface area contributed by atoms with Crippen LogP contribution in [0.2, 0.25) is 0 Å². The lowest BCUT2D eigenvalue weighted by atomic mass is 10.2. The summed E-state index contributed by atoms with van der Waals surface area (Å²) in [6.07, 6.45) is 5.72. The van der Waals surface area contributed by atoms with E-state index in [2.05, 4.69) is 17.7 Å². The Labute approximate surface area is 64.4 Å². The van der Waals surface area contributed by atoms with Gasteiger partial charge in [0.15, 0.2) is 0 Å². The van der Waals surface area contributed by atoms with E-state index in [4.69, 9.17) is 0 Å². The van der Waals surface area contributed by atoms with E-state index in [1.54, 1.807) is 0 Å². The molecule has 2 heteroatoms. The van der Waals surface area contributed by atoms with E-state index >= 15 is 0 Å². The minimum absolute atomic E-state index is 1.32. The van der Waals surface area contributed by atoms with Gasteiger partial charge in [-0.3, -0.25) is 0 Å². The zero-order valence-electron chi connectivity index (χ0n) is 7.27. The van der Waals surface area contributed by atoms with Gasteiger partial charge in [0, 0.05) is 0 Å². The molecule has 0 radical (unpaired) electrons. The Morgan fingerprint density at radius 1 is 0.900 bits per heavy atom. The molecule has 1 aliphatic rings. The van der Waals surface area contributed by atoms with E-state index in [0.29, 0.717) is 0 Å². The van der Waals surface area contributed by atoms with Crippen molar-refractivity contribution in [3.63, 3.8) is 0 Å². The Kier molecular flexibility index (Phi) is 6.98. The molecular weight excluding hydrogens is 124 g/mol. The second kappa shape index (κ2) is 7.03. The van der Waals surface area contributed by atoms with Gasteiger partial charge in [0.05, 0.1) is 0 Å². The highest BCUT2D eigenvalue weighted by atomic mass is 15.1. The Bertz CT molecular complexity index is 56.3. The van der Waals surface area contributed by atoms with Crippen LogP contribution < -0.4 is 5.73 Å². The maximum absolute atomic E-state index is 4.50. The van der Waals surface area contributed by atoms with Crippen LogP contribution in [-0.2, 0) is 0 Å². The third-order valence-corrected chi connectivity index (χ3v) is 1.83. The molecule has 0 aromatic carbocycles. The second-order valence-electron chi connectivity index (χ2n) is 2.72. The number of rotatable bonds is 0. The summed E-state index contributed by atoms with van der Waals surface area (Å²) in [6.45, 7) is 2.64. The average Bonchev–Trinajstić information content (AvgIpc) is 2.21. The predicted octanol–water partition coefficient (Wildman–Crippen LogP) is 1.07. The normalized spacial score (nSPS) is 20.7. The molecule has 0 atom stereocenters. The smallest absolute Gasteiger partial charge is 0.00218 e. The largest absolute Gasteiger partial charge is 0.333 e. The number of likely N-dealkylation sites (tertiary alicyclic amines) is 1. The monoisotopic (exact) mass is 144 g/mol. The molecule has 1 saturated heterocycles. The van der Waals surface area contributed by atoms with Crippen molar-refractivity contribution in [3.05, 3.63) is 0 Å². The quantitative estimate of drug-likeness (QED) is 0.551. The number of nitrogens with two attached hydrogens (primary N) is 1. The van der Waals surface area contributed by atoms with Crippen LogP contribution in [0, 0.1) is 0 Å². The van der Waals surface area contributed by atoms with Crippen LogP contribution >= 0.6 is 0 Å². The molecule has 0 aliphatic carbocycles. The predicted molar refractivity (Wildman–Crippen MR) is 46.1 cm³/mol. The average molecular weight is 144 g/mol. The van der Waals surface area contributed by atoms with Crippen LogP contribution in [0.1, 0.15) is 25.7 Å². The first-order valence-electron chi connectivity index (χ1n) is 4.16. The minimum atomic E-state index is 1.32. The van der Waals surface area contributed by atoms with Gasteiger partial charge in [-0.15, -0.1) is 0 Å². The van der Waals surface area contributed by atoms with Gasteiger partial charge in [-0.1, -0.05) is 12.8 Å². The van der Waals surface area contributed by atoms with Gasteiger partial charge in [0.1, 0.15) is 0 Å². The third-order valence-electron chi connectivity index (χ3n) is 1.83. The fraction of sp³-hybridized carbons (Fsp3) is 1.00. The van der Waals surface area contributed by atoms with Gasteiger partial charge in [-0.05, 0) is 40.0 Å². The zero-order chi connectivity index (χ0) is 7.82. The van der Waals surface area contributed by atoms with Crippen LogP contribution in [0.25, 0.3) is 0 Å². The van der Waals surface area contributed by atoms with Crippen LogP contribution in [0.5, 0.6) is 0 Å². The van der Waals surface area contributed by atoms with E-state index in [1.807, 2.05) is 0 Å². The van der Waals surface area contributed by atoms with Crippen molar-refractivity contribution in [3.8, 4) is 0 Å². The Morgan fingerprint density at radius 3 is 1.70 bits per heavy atom. The standard InChI is InChI=1S/C7H15N.CH5N/c1-8-6-4-2-3-5-7-8;1-2/h2-7H2,1H3;2H2,1H3. The molecule has 0 saturated carbocycles. The fourth-order valence-corrected chi connectivity index (χ4v) is 1.23. The molecule has 0 amide bonds. The van der Waals surface area contributed by atoms with Crippen LogP contribution in [0.4, 0.5) is 0 Å². The summed E-state index contributed by atoms with van der Waals surface area (Å²) in [5, 5.41) is 0. The molecule has 0 spiro atoms. The topological polar surface area (TPSA) is 29.3 Å². The maximum atomic E-state index is 4.50. The molecule has 0 aromatic rings. The first-order chi connectivity index (χ1) is 4.89. The molecule has 2 N–H and O–H groups in total. The molecule has 0 unspecified atom stereocenters.